The number of carboxylic acid groups (broad SMARTS) is 1. The van der Waals surface area contributed by atoms with E-state index in [1.165, 1.54) is 23.5 Å². The Morgan fingerprint density at radius 3 is 2.84 bits per heavy atom. The van der Waals surface area contributed by atoms with E-state index in [-0.39, 0.29) is 49.2 Å². The number of ether oxygens (including phenoxy) is 2. The molecule has 9 nitrogen and oxygen atoms in total. The van der Waals surface area contributed by atoms with E-state index in [0.29, 0.717) is 28.6 Å². The number of aliphatic imine (C=N–C) groups is 1. The summed E-state index contributed by atoms with van der Waals surface area (Å²) in [7, 11) is 0. The molecular weight excluding hydrogens is 542 g/mol. The summed E-state index contributed by atoms with van der Waals surface area (Å²) < 4.78 is 39.1. The summed E-state index contributed by atoms with van der Waals surface area (Å²) in [4.78, 5) is 34.9. The lowest BCUT2D eigenvalue weighted by molar-refractivity contribution is -0.143. The average molecular weight is 569 g/mol. The van der Waals surface area contributed by atoms with Crippen molar-refractivity contribution in [1.29, 1.82) is 0 Å². The lowest BCUT2D eigenvalue weighted by Crippen LogP contribution is -2.47. The van der Waals surface area contributed by atoms with Gasteiger partial charge < -0.3 is 19.9 Å². The number of thiazole rings is 1. The van der Waals surface area contributed by atoms with E-state index < -0.39 is 36.6 Å². The molecule has 204 valence electrons. The maximum absolute atomic E-state index is 14.7. The zero-order valence-electron chi connectivity index (χ0n) is 20.5. The highest BCUT2D eigenvalue weighted by molar-refractivity contribution is 7.11. The fourth-order valence-corrected chi connectivity index (χ4v) is 5.44. The minimum absolute atomic E-state index is 0.0951. The quantitative estimate of drug-likeness (QED) is 0.418. The number of likely N-dealkylation sites (tertiary alicyclic amines) is 1. The number of amidine groups is 1. The maximum Gasteiger partial charge on any atom is 0.338 e. The van der Waals surface area contributed by atoms with Crippen LogP contribution in [0, 0.1) is 11.7 Å². The van der Waals surface area contributed by atoms with Gasteiger partial charge in [-0.25, -0.2) is 23.4 Å². The molecule has 0 spiro atoms. The molecule has 38 heavy (non-hydrogen) atoms. The highest BCUT2D eigenvalue weighted by Gasteiger charge is 2.36. The second-order valence-corrected chi connectivity index (χ2v) is 10.2. The number of aromatic nitrogens is 1. The number of carboxylic acids is 1. The molecule has 3 atom stereocenters. The topological polar surface area (TPSA) is 113 Å². The number of nitrogens with zero attached hydrogens (tertiary/aromatic N) is 3. The van der Waals surface area contributed by atoms with Crippen molar-refractivity contribution in [3.63, 3.8) is 0 Å². The van der Waals surface area contributed by atoms with Gasteiger partial charge >= 0.3 is 11.9 Å². The number of halogens is 3. The number of piperidine rings is 1. The van der Waals surface area contributed by atoms with Crippen LogP contribution in [0.15, 0.2) is 46.0 Å². The van der Waals surface area contributed by atoms with Crippen LogP contribution >= 0.6 is 22.9 Å². The molecule has 2 N–H and O–H groups in total. The van der Waals surface area contributed by atoms with Crippen LogP contribution in [0.5, 0.6) is 0 Å². The van der Waals surface area contributed by atoms with Gasteiger partial charge in [-0.15, -0.1) is 11.3 Å². The first-order valence-electron chi connectivity index (χ1n) is 12.0. The Morgan fingerprint density at radius 2 is 2.16 bits per heavy atom. The molecule has 2 aliphatic rings. The SMILES string of the molecule is CCOC(=O)C1=C(CN2CC(F)CC(COCC(=O)O)C2)NC(c2nccs2)=NC1c1ccc(F)cc1Cl. The number of carbonyl (C=O) groups excluding carboxylic acids is 1. The second-order valence-electron chi connectivity index (χ2n) is 8.92. The van der Waals surface area contributed by atoms with E-state index in [1.807, 2.05) is 4.90 Å². The summed E-state index contributed by atoms with van der Waals surface area (Å²) in [6, 6.07) is 2.95. The molecule has 3 heterocycles. The number of esters is 1. The molecule has 1 aromatic carbocycles. The van der Waals surface area contributed by atoms with Crippen molar-refractivity contribution in [3.05, 3.63) is 62.5 Å². The summed E-state index contributed by atoms with van der Waals surface area (Å²) in [5.74, 6) is -2.09. The van der Waals surface area contributed by atoms with Gasteiger partial charge in [0.2, 0.25) is 0 Å². The summed E-state index contributed by atoms with van der Waals surface area (Å²) >= 11 is 7.74. The Labute approximate surface area is 227 Å². The monoisotopic (exact) mass is 568 g/mol. The summed E-state index contributed by atoms with van der Waals surface area (Å²) in [5, 5.41) is 14.5. The Morgan fingerprint density at radius 1 is 1.34 bits per heavy atom. The van der Waals surface area contributed by atoms with Crippen molar-refractivity contribution in [2.45, 2.75) is 25.6 Å². The largest absolute Gasteiger partial charge is 0.480 e. The van der Waals surface area contributed by atoms with Crippen LogP contribution < -0.4 is 5.32 Å². The number of nitrogens with one attached hydrogen (secondary N) is 1. The van der Waals surface area contributed by atoms with Crippen LogP contribution in [0.2, 0.25) is 5.02 Å². The van der Waals surface area contributed by atoms with E-state index in [1.54, 1.807) is 18.5 Å². The minimum atomic E-state index is -1.16. The number of benzene rings is 1. The van der Waals surface area contributed by atoms with Gasteiger partial charge in [-0.05, 0) is 31.4 Å². The first-order chi connectivity index (χ1) is 18.2. The molecule has 2 aromatic rings. The zero-order valence-corrected chi connectivity index (χ0v) is 22.1. The highest BCUT2D eigenvalue weighted by Crippen LogP contribution is 2.37. The summed E-state index contributed by atoms with van der Waals surface area (Å²) in [6.07, 6.45) is 0.702. The van der Waals surface area contributed by atoms with Crippen LogP contribution in [0.25, 0.3) is 0 Å². The van der Waals surface area contributed by atoms with Crippen LogP contribution in [0.4, 0.5) is 8.78 Å². The molecule has 2 aliphatic heterocycles. The van der Waals surface area contributed by atoms with Crippen molar-refractivity contribution in [2.24, 2.45) is 10.9 Å². The molecule has 4 rings (SSSR count). The van der Waals surface area contributed by atoms with Gasteiger partial charge in [-0.2, -0.15) is 0 Å². The van der Waals surface area contributed by atoms with Gasteiger partial charge in [0.05, 0.1) is 18.8 Å². The van der Waals surface area contributed by atoms with Crippen molar-refractivity contribution >= 4 is 40.7 Å². The number of rotatable bonds is 10. The van der Waals surface area contributed by atoms with E-state index in [4.69, 9.17) is 31.2 Å². The molecule has 0 amide bonds. The van der Waals surface area contributed by atoms with E-state index in [9.17, 15) is 18.4 Å². The zero-order chi connectivity index (χ0) is 27.2. The number of carbonyl (C=O) groups is 2. The predicted molar refractivity (Wildman–Crippen MR) is 137 cm³/mol. The third kappa shape index (κ3) is 6.93. The van der Waals surface area contributed by atoms with Crippen LogP contribution in [-0.4, -0.2) is 78.4 Å². The lowest BCUT2D eigenvalue weighted by Gasteiger charge is -2.36. The minimum Gasteiger partial charge on any atom is -0.480 e. The second kappa shape index (κ2) is 12.7. The Balaban J connectivity index is 1.70. The fraction of sp³-hybridized carbons (Fsp3) is 0.440. The van der Waals surface area contributed by atoms with Crippen molar-refractivity contribution < 1.29 is 33.0 Å². The molecule has 1 saturated heterocycles. The molecule has 1 aromatic heterocycles. The van der Waals surface area contributed by atoms with E-state index >= 15 is 0 Å². The number of hydrogen-bond donors (Lipinski definition) is 2. The van der Waals surface area contributed by atoms with Gasteiger partial charge in [0, 0.05) is 47.5 Å². The van der Waals surface area contributed by atoms with Crippen LogP contribution in [0.1, 0.15) is 30.0 Å². The van der Waals surface area contributed by atoms with Crippen molar-refractivity contribution in [1.82, 2.24) is 15.2 Å². The summed E-state index contributed by atoms with van der Waals surface area (Å²) in [6.45, 7) is 2.11. The van der Waals surface area contributed by atoms with E-state index in [0.717, 1.165) is 6.07 Å². The van der Waals surface area contributed by atoms with Crippen molar-refractivity contribution in [2.75, 3.05) is 39.5 Å². The first kappa shape index (κ1) is 28.1. The van der Waals surface area contributed by atoms with Crippen LogP contribution in [-0.2, 0) is 19.1 Å². The van der Waals surface area contributed by atoms with Gasteiger partial charge in [-0.1, -0.05) is 17.7 Å². The molecular formula is C25H27ClF2N4O5S. The van der Waals surface area contributed by atoms with Gasteiger partial charge in [-0.3, -0.25) is 9.89 Å². The molecule has 13 heteroatoms. The van der Waals surface area contributed by atoms with Gasteiger partial charge in [0.25, 0.3) is 0 Å². The van der Waals surface area contributed by atoms with Crippen LogP contribution in [0.3, 0.4) is 0 Å². The Hall–Kier alpha value is -2.93. The lowest BCUT2D eigenvalue weighted by atomic mass is 9.93. The Kier molecular flexibility index (Phi) is 9.42. The van der Waals surface area contributed by atoms with Crippen molar-refractivity contribution in [3.8, 4) is 0 Å². The number of alkyl halides is 1. The number of hydrogen-bond acceptors (Lipinski definition) is 9. The molecule has 0 saturated carbocycles. The molecule has 0 aliphatic carbocycles. The van der Waals surface area contributed by atoms with E-state index in [2.05, 4.69) is 10.3 Å². The molecule has 3 unspecified atom stereocenters. The molecule has 1 fully saturated rings. The number of aliphatic carboxylic acids is 1. The van der Waals surface area contributed by atoms with Gasteiger partial charge in [0.15, 0.2) is 10.8 Å². The Bertz CT molecular complexity index is 1230. The first-order valence-corrected chi connectivity index (χ1v) is 13.3. The highest BCUT2D eigenvalue weighted by atomic mass is 35.5. The third-order valence-corrected chi connectivity index (χ3v) is 7.14. The smallest absolute Gasteiger partial charge is 0.338 e. The third-order valence-electron chi connectivity index (χ3n) is 6.04. The molecule has 0 bridgehead atoms. The van der Waals surface area contributed by atoms with Gasteiger partial charge in [0.1, 0.15) is 24.6 Å². The standard InChI is InChI=1S/C25H27ClF2N4O5S/c1-2-37-25(35)21-19(11-32-9-14(7-16(28)10-32)12-36-13-20(33)34)30-23(24-29-5-6-38-24)31-22(21)17-4-3-15(27)8-18(17)26/h3-6,8,14,16,22H,2,7,9-13H2,1H3,(H,30,31)(H,33,34). The average Bonchev–Trinajstić information content (AvgIpc) is 3.38. The molecule has 0 radical (unpaired) electrons. The summed E-state index contributed by atoms with van der Waals surface area (Å²) in [5.41, 5.74) is 1.03. The fourth-order valence-electron chi connectivity index (χ4n) is 4.58. The normalized spacial score (nSPS) is 22.1. The maximum atomic E-state index is 14.7. The predicted octanol–water partition coefficient (Wildman–Crippen LogP) is 3.61.